The van der Waals surface area contributed by atoms with Gasteiger partial charge in [-0.25, -0.2) is 0 Å². The van der Waals surface area contributed by atoms with E-state index < -0.39 is 5.60 Å². The van der Waals surface area contributed by atoms with Gasteiger partial charge in [-0.1, -0.05) is 61.5 Å². The summed E-state index contributed by atoms with van der Waals surface area (Å²) in [5, 5.41) is 9.73. The van der Waals surface area contributed by atoms with Gasteiger partial charge in [0.25, 0.3) is 0 Å². The van der Waals surface area contributed by atoms with E-state index in [2.05, 4.69) is 36.4 Å². The first-order valence-electron chi connectivity index (χ1n) is 9.26. The van der Waals surface area contributed by atoms with Gasteiger partial charge in [-0.2, -0.15) is 0 Å². The molecule has 3 nitrogen and oxygen atoms in total. The molecule has 140 valence electrons. The van der Waals surface area contributed by atoms with Crippen molar-refractivity contribution in [3.8, 4) is 11.1 Å². The van der Waals surface area contributed by atoms with Crippen molar-refractivity contribution in [3.05, 3.63) is 60.2 Å². The zero-order chi connectivity index (χ0) is 19.2. The van der Waals surface area contributed by atoms with Crippen molar-refractivity contribution < 1.29 is 14.6 Å². The Morgan fingerprint density at radius 3 is 2.12 bits per heavy atom. The Kier molecular flexibility index (Phi) is 6.98. The van der Waals surface area contributed by atoms with Crippen LogP contribution in [0.15, 0.2) is 54.6 Å². The molecule has 26 heavy (non-hydrogen) atoms. The fourth-order valence-corrected chi connectivity index (χ4v) is 3.02. The Morgan fingerprint density at radius 2 is 1.58 bits per heavy atom. The molecule has 0 aliphatic heterocycles. The van der Waals surface area contributed by atoms with Crippen molar-refractivity contribution in [3.63, 3.8) is 0 Å². The van der Waals surface area contributed by atoms with Crippen LogP contribution < -0.4 is 0 Å². The molecule has 1 N–H and O–H groups in total. The average Bonchev–Trinajstić information content (AvgIpc) is 2.61. The number of aliphatic hydroxyl groups excluding tert-OH is 1. The SMILES string of the molecule is C[C@H](C[C@H](CO)Cc1ccc(-c2ccccc2)cc1)C(=O)OC(C)(C)C. The molecule has 0 aliphatic carbocycles. The predicted molar refractivity (Wildman–Crippen MR) is 106 cm³/mol. The molecule has 0 saturated heterocycles. The summed E-state index contributed by atoms with van der Waals surface area (Å²) in [7, 11) is 0. The minimum Gasteiger partial charge on any atom is -0.460 e. The summed E-state index contributed by atoms with van der Waals surface area (Å²) in [5.74, 6) is -0.384. The highest BCUT2D eigenvalue weighted by Gasteiger charge is 2.24. The van der Waals surface area contributed by atoms with Crippen LogP contribution in [0.5, 0.6) is 0 Å². The molecule has 0 unspecified atom stereocenters. The van der Waals surface area contributed by atoms with E-state index in [1.807, 2.05) is 45.9 Å². The third kappa shape index (κ3) is 6.30. The lowest BCUT2D eigenvalue weighted by Crippen LogP contribution is -2.29. The monoisotopic (exact) mass is 354 g/mol. The molecule has 2 aromatic rings. The smallest absolute Gasteiger partial charge is 0.309 e. The lowest BCUT2D eigenvalue weighted by molar-refractivity contribution is -0.160. The molecule has 2 atom stereocenters. The Morgan fingerprint density at radius 1 is 1.00 bits per heavy atom. The van der Waals surface area contributed by atoms with Crippen molar-refractivity contribution in [1.82, 2.24) is 0 Å². The molecule has 2 aromatic carbocycles. The van der Waals surface area contributed by atoms with Gasteiger partial charge in [-0.3, -0.25) is 4.79 Å². The minimum atomic E-state index is -0.479. The molecule has 0 radical (unpaired) electrons. The van der Waals surface area contributed by atoms with E-state index in [0.29, 0.717) is 6.42 Å². The number of aliphatic hydroxyl groups is 1. The minimum absolute atomic E-state index is 0.0418. The van der Waals surface area contributed by atoms with Crippen molar-refractivity contribution in [2.45, 2.75) is 46.1 Å². The number of carbonyl (C=O) groups excluding carboxylic acids is 1. The molecule has 0 amide bonds. The van der Waals surface area contributed by atoms with Crippen molar-refractivity contribution in [1.29, 1.82) is 0 Å². The third-order valence-corrected chi connectivity index (χ3v) is 4.34. The van der Waals surface area contributed by atoms with Crippen LogP contribution in [0.3, 0.4) is 0 Å². The highest BCUT2D eigenvalue weighted by atomic mass is 16.6. The van der Waals surface area contributed by atoms with E-state index in [4.69, 9.17) is 4.74 Å². The number of benzene rings is 2. The van der Waals surface area contributed by atoms with Crippen LogP contribution in [0.4, 0.5) is 0 Å². The van der Waals surface area contributed by atoms with E-state index in [9.17, 15) is 9.90 Å². The first kappa shape index (κ1) is 20.2. The number of rotatable bonds is 7. The Bertz CT molecular complexity index is 684. The van der Waals surface area contributed by atoms with Gasteiger partial charge < -0.3 is 9.84 Å². The quantitative estimate of drug-likeness (QED) is 0.721. The summed E-state index contributed by atoms with van der Waals surface area (Å²) in [4.78, 5) is 12.2. The maximum Gasteiger partial charge on any atom is 0.309 e. The predicted octanol–water partition coefficient (Wildman–Crippen LogP) is 4.87. The summed E-state index contributed by atoms with van der Waals surface area (Å²) in [6.07, 6.45) is 1.37. The summed E-state index contributed by atoms with van der Waals surface area (Å²) in [5.41, 5.74) is 3.06. The van der Waals surface area contributed by atoms with Gasteiger partial charge in [0.1, 0.15) is 5.60 Å². The molecule has 0 spiro atoms. The Balaban J connectivity index is 1.96. The normalized spacial score (nSPS) is 13.9. The van der Waals surface area contributed by atoms with Gasteiger partial charge in [0.05, 0.1) is 5.92 Å². The van der Waals surface area contributed by atoms with Gasteiger partial charge in [0.15, 0.2) is 0 Å². The van der Waals surface area contributed by atoms with Gasteiger partial charge in [-0.15, -0.1) is 0 Å². The molecule has 2 rings (SSSR count). The van der Waals surface area contributed by atoms with Crippen molar-refractivity contribution in [2.75, 3.05) is 6.61 Å². The topological polar surface area (TPSA) is 46.5 Å². The molecule has 0 fully saturated rings. The van der Waals surface area contributed by atoms with E-state index in [1.165, 1.54) is 16.7 Å². The van der Waals surface area contributed by atoms with Gasteiger partial charge in [0, 0.05) is 6.61 Å². The number of hydrogen-bond acceptors (Lipinski definition) is 3. The molecule has 0 heterocycles. The molecule has 0 bridgehead atoms. The lowest BCUT2D eigenvalue weighted by Gasteiger charge is -2.24. The number of ether oxygens (including phenoxy) is 1. The zero-order valence-electron chi connectivity index (χ0n) is 16.2. The fourth-order valence-electron chi connectivity index (χ4n) is 3.02. The van der Waals surface area contributed by atoms with E-state index in [0.717, 1.165) is 6.42 Å². The first-order chi connectivity index (χ1) is 12.3. The standard InChI is InChI=1S/C23H30O3/c1-17(22(25)26-23(2,3)4)14-19(16-24)15-18-10-12-21(13-11-18)20-8-6-5-7-9-20/h5-13,17,19,24H,14-16H2,1-4H3/t17-,19+/m1/s1. The largest absolute Gasteiger partial charge is 0.460 e. The summed E-state index contributed by atoms with van der Waals surface area (Å²) in [6, 6.07) is 18.7. The van der Waals surface area contributed by atoms with Crippen LogP contribution in [0.25, 0.3) is 11.1 Å². The first-order valence-corrected chi connectivity index (χ1v) is 9.26. The van der Waals surface area contributed by atoms with Crippen LogP contribution in [0, 0.1) is 11.8 Å². The maximum absolute atomic E-state index is 12.2. The van der Waals surface area contributed by atoms with Crippen LogP contribution in [0.2, 0.25) is 0 Å². The Labute approximate surface area is 157 Å². The molecule has 0 aliphatic rings. The van der Waals surface area contributed by atoms with Crippen LogP contribution in [-0.4, -0.2) is 23.3 Å². The molecular formula is C23H30O3. The highest BCUT2D eigenvalue weighted by molar-refractivity contribution is 5.72. The van der Waals surface area contributed by atoms with Crippen LogP contribution in [-0.2, 0) is 16.0 Å². The lowest BCUT2D eigenvalue weighted by atomic mass is 9.90. The van der Waals surface area contributed by atoms with Crippen molar-refractivity contribution in [2.24, 2.45) is 11.8 Å². The summed E-state index contributed by atoms with van der Waals surface area (Å²) < 4.78 is 5.44. The van der Waals surface area contributed by atoms with Gasteiger partial charge in [0.2, 0.25) is 0 Å². The molecule has 0 saturated carbocycles. The highest BCUT2D eigenvalue weighted by Crippen LogP contribution is 2.23. The van der Waals surface area contributed by atoms with Gasteiger partial charge in [-0.05, 0) is 56.2 Å². The third-order valence-electron chi connectivity index (χ3n) is 4.34. The van der Waals surface area contributed by atoms with Crippen LogP contribution >= 0.6 is 0 Å². The second-order valence-corrected chi connectivity index (χ2v) is 7.99. The number of esters is 1. The molecule has 0 aromatic heterocycles. The summed E-state index contributed by atoms with van der Waals surface area (Å²) >= 11 is 0. The second-order valence-electron chi connectivity index (χ2n) is 7.99. The van der Waals surface area contributed by atoms with E-state index >= 15 is 0 Å². The Hall–Kier alpha value is -2.13. The summed E-state index contributed by atoms with van der Waals surface area (Å²) in [6.45, 7) is 7.54. The maximum atomic E-state index is 12.2. The number of hydrogen-bond donors (Lipinski definition) is 1. The van der Waals surface area contributed by atoms with Crippen molar-refractivity contribution >= 4 is 5.97 Å². The van der Waals surface area contributed by atoms with E-state index in [1.54, 1.807) is 0 Å². The average molecular weight is 354 g/mol. The zero-order valence-corrected chi connectivity index (χ0v) is 16.2. The second kappa shape index (κ2) is 9.00. The van der Waals surface area contributed by atoms with Crippen LogP contribution in [0.1, 0.15) is 39.7 Å². The number of carbonyl (C=O) groups is 1. The van der Waals surface area contributed by atoms with E-state index in [-0.39, 0.29) is 24.4 Å². The molecular weight excluding hydrogens is 324 g/mol. The fraction of sp³-hybridized carbons (Fsp3) is 0.435. The molecule has 3 heteroatoms. The van der Waals surface area contributed by atoms with Gasteiger partial charge >= 0.3 is 5.97 Å².